The van der Waals surface area contributed by atoms with Gasteiger partial charge in [-0.2, -0.15) is 18.3 Å². The van der Waals surface area contributed by atoms with E-state index >= 15 is 0 Å². The first kappa shape index (κ1) is 26.4. The topological polar surface area (TPSA) is 119 Å². The molecule has 0 atom stereocenters. The van der Waals surface area contributed by atoms with Crippen molar-refractivity contribution in [1.82, 2.24) is 20.2 Å². The molecule has 0 fully saturated rings. The van der Waals surface area contributed by atoms with E-state index in [1.165, 1.54) is 7.11 Å². The zero-order valence-corrected chi connectivity index (χ0v) is 20.2. The van der Waals surface area contributed by atoms with Gasteiger partial charge in [0.1, 0.15) is 12.4 Å². The van der Waals surface area contributed by atoms with Crippen LogP contribution in [0.25, 0.3) is 22.4 Å². The molecule has 2 N–H and O–H groups in total. The van der Waals surface area contributed by atoms with E-state index in [4.69, 9.17) is 4.74 Å². The molecule has 1 aromatic carbocycles. The molecule has 194 valence electrons. The molecule has 4 aromatic rings. The second-order valence-electron chi connectivity index (χ2n) is 8.15. The van der Waals surface area contributed by atoms with Crippen molar-refractivity contribution in [3.8, 4) is 22.4 Å². The predicted octanol–water partition coefficient (Wildman–Crippen LogP) is 4.77. The first-order chi connectivity index (χ1) is 18.1. The average molecular weight is 522 g/mol. The molecule has 3 heterocycles. The molecule has 38 heavy (non-hydrogen) atoms. The lowest BCUT2D eigenvalue weighted by atomic mass is 9.99. The third-order valence-corrected chi connectivity index (χ3v) is 5.38. The van der Waals surface area contributed by atoms with E-state index in [9.17, 15) is 22.8 Å². The Hall–Kier alpha value is -4.71. The van der Waals surface area contributed by atoms with Crippen LogP contribution in [-0.2, 0) is 15.7 Å². The van der Waals surface area contributed by atoms with Gasteiger partial charge < -0.3 is 15.4 Å². The molecule has 0 bridgehead atoms. The molecule has 0 aliphatic rings. The summed E-state index contributed by atoms with van der Waals surface area (Å²) in [5.74, 6) is -0.826. The number of aromatic nitrogens is 4. The van der Waals surface area contributed by atoms with Crippen molar-refractivity contribution >= 4 is 23.3 Å². The number of nitrogens with one attached hydrogen (secondary N) is 2. The number of carbonyl (C=O) groups is 2. The van der Waals surface area contributed by atoms with Crippen LogP contribution >= 0.6 is 0 Å². The zero-order valence-electron chi connectivity index (χ0n) is 20.2. The van der Waals surface area contributed by atoms with E-state index in [0.717, 1.165) is 16.7 Å². The van der Waals surface area contributed by atoms with E-state index in [-0.39, 0.29) is 12.5 Å². The average Bonchev–Trinajstić information content (AvgIpc) is 2.89. The summed E-state index contributed by atoms with van der Waals surface area (Å²) in [6.07, 6.45) is -0.922. The lowest BCUT2D eigenvalue weighted by Gasteiger charge is -2.12. The molecule has 0 spiro atoms. The summed E-state index contributed by atoms with van der Waals surface area (Å²) >= 11 is 0. The Morgan fingerprint density at radius 2 is 1.71 bits per heavy atom. The highest BCUT2D eigenvalue weighted by Crippen LogP contribution is 2.31. The van der Waals surface area contributed by atoms with E-state index in [0.29, 0.717) is 35.0 Å². The summed E-state index contributed by atoms with van der Waals surface area (Å²) in [5.41, 5.74) is 2.60. The number of methoxy groups -OCH3 is 1. The summed E-state index contributed by atoms with van der Waals surface area (Å²) in [6.45, 7) is 1.78. The molecule has 0 aliphatic heterocycles. The first-order valence-corrected chi connectivity index (χ1v) is 11.2. The van der Waals surface area contributed by atoms with Crippen molar-refractivity contribution in [2.24, 2.45) is 0 Å². The zero-order chi connectivity index (χ0) is 27.3. The molecule has 4 rings (SSSR count). The number of pyridine rings is 2. The summed E-state index contributed by atoms with van der Waals surface area (Å²) in [7, 11) is 1.42. The van der Waals surface area contributed by atoms with Gasteiger partial charge >= 0.3 is 6.18 Å². The Morgan fingerprint density at radius 3 is 2.47 bits per heavy atom. The smallest absolute Gasteiger partial charge is 0.375 e. The van der Waals surface area contributed by atoms with Gasteiger partial charge in [0, 0.05) is 30.8 Å². The Kier molecular flexibility index (Phi) is 7.72. The van der Waals surface area contributed by atoms with Crippen LogP contribution in [0.2, 0.25) is 0 Å². The summed E-state index contributed by atoms with van der Waals surface area (Å²) in [5, 5.41) is 12.0. The fourth-order valence-electron chi connectivity index (χ4n) is 3.56. The number of carbonyl (C=O) groups excluding carboxylic acids is 2. The lowest BCUT2D eigenvalue weighted by Crippen LogP contribution is -2.17. The molecular weight excluding hydrogens is 501 g/mol. The van der Waals surface area contributed by atoms with Crippen LogP contribution < -0.4 is 10.6 Å². The Morgan fingerprint density at radius 1 is 0.947 bits per heavy atom. The Balaban J connectivity index is 1.59. The maximum Gasteiger partial charge on any atom is 0.418 e. The molecular formula is C26H21F3N6O3. The molecule has 3 aromatic heterocycles. The van der Waals surface area contributed by atoms with Gasteiger partial charge in [-0.05, 0) is 66.1 Å². The number of amides is 2. The number of hydrogen-bond acceptors (Lipinski definition) is 7. The van der Waals surface area contributed by atoms with Gasteiger partial charge in [-0.1, -0.05) is 6.07 Å². The monoisotopic (exact) mass is 522 g/mol. The van der Waals surface area contributed by atoms with Crippen LogP contribution in [0.1, 0.15) is 21.6 Å². The molecule has 2 amide bonds. The highest BCUT2D eigenvalue weighted by Gasteiger charge is 2.32. The number of rotatable bonds is 7. The van der Waals surface area contributed by atoms with Gasteiger partial charge in [-0.15, -0.1) is 5.10 Å². The molecule has 0 aliphatic carbocycles. The number of hydrogen-bond donors (Lipinski definition) is 2. The highest BCUT2D eigenvalue weighted by molar-refractivity contribution is 6.03. The van der Waals surface area contributed by atoms with Gasteiger partial charge in [-0.3, -0.25) is 14.6 Å². The molecule has 0 saturated carbocycles. The molecule has 9 nitrogen and oxygen atoms in total. The second kappa shape index (κ2) is 11.1. The Bertz CT molecular complexity index is 1490. The minimum Gasteiger partial charge on any atom is -0.375 e. The summed E-state index contributed by atoms with van der Waals surface area (Å²) in [4.78, 5) is 33.0. The number of benzene rings is 1. The number of nitrogens with zero attached hydrogens (tertiary/aromatic N) is 4. The number of alkyl halides is 3. The normalized spacial score (nSPS) is 11.2. The predicted molar refractivity (Wildman–Crippen MR) is 133 cm³/mol. The summed E-state index contributed by atoms with van der Waals surface area (Å²) in [6, 6.07) is 12.8. The van der Waals surface area contributed by atoms with E-state index < -0.39 is 23.3 Å². The number of anilines is 2. The van der Waals surface area contributed by atoms with Crippen molar-refractivity contribution in [1.29, 1.82) is 0 Å². The van der Waals surface area contributed by atoms with Gasteiger partial charge in [0.15, 0.2) is 5.69 Å². The highest BCUT2D eigenvalue weighted by atomic mass is 19.4. The van der Waals surface area contributed by atoms with Gasteiger partial charge in [0.25, 0.3) is 11.8 Å². The number of aryl methyl sites for hydroxylation is 1. The Labute approximate surface area is 215 Å². The van der Waals surface area contributed by atoms with Crippen LogP contribution in [-0.4, -0.2) is 45.7 Å². The minimum atomic E-state index is -4.65. The van der Waals surface area contributed by atoms with Crippen LogP contribution in [0.15, 0.2) is 67.1 Å². The van der Waals surface area contributed by atoms with Crippen molar-refractivity contribution < 1.29 is 27.5 Å². The van der Waals surface area contributed by atoms with Crippen molar-refractivity contribution in [2.75, 3.05) is 24.4 Å². The second-order valence-corrected chi connectivity index (χ2v) is 8.15. The maximum atomic E-state index is 13.0. The quantitative estimate of drug-likeness (QED) is 0.359. The largest absolute Gasteiger partial charge is 0.418 e. The lowest BCUT2D eigenvalue weighted by molar-refractivity contribution is -0.138. The van der Waals surface area contributed by atoms with E-state index in [1.54, 1.807) is 48.8 Å². The maximum absolute atomic E-state index is 13.0. The van der Waals surface area contributed by atoms with Crippen LogP contribution in [0.4, 0.5) is 24.7 Å². The molecule has 0 unspecified atom stereocenters. The summed E-state index contributed by atoms with van der Waals surface area (Å²) < 4.78 is 43.7. The third kappa shape index (κ3) is 6.34. The fourth-order valence-corrected chi connectivity index (χ4v) is 3.56. The molecule has 12 heteroatoms. The number of halogens is 3. The standard InChI is InChI=1S/C26H21F3N6O3/c1-15-3-4-19(33-25(37)22-11-18(13-32-35-22)26(27,28)29)12-20(15)16-5-7-30-21(9-16)17-6-8-31-23(10-17)34-24(36)14-38-2/h3-13H,14H2,1-2H3,(H,33,37)(H,31,34,36). The van der Waals surface area contributed by atoms with Gasteiger partial charge in [0.05, 0.1) is 17.5 Å². The van der Waals surface area contributed by atoms with Crippen LogP contribution in [0.3, 0.4) is 0 Å². The molecule has 0 saturated heterocycles. The third-order valence-electron chi connectivity index (χ3n) is 5.38. The molecule has 0 radical (unpaired) electrons. The van der Waals surface area contributed by atoms with Crippen LogP contribution in [0, 0.1) is 6.92 Å². The fraction of sp³-hybridized carbons (Fsp3) is 0.154. The van der Waals surface area contributed by atoms with Crippen molar-refractivity contribution in [3.63, 3.8) is 0 Å². The van der Waals surface area contributed by atoms with E-state index in [1.807, 2.05) is 13.0 Å². The van der Waals surface area contributed by atoms with Crippen LogP contribution in [0.5, 0.6) is 0 Å². The first-order valence-electron chi connectivity index (χ1n) is 11.2. The SMILES string of the molecule is COCC(=O)Nc1cc(-c2cc(-c3cc(NC(=O)c4cc(C(F)(F)F)cnn4)ccc3C)ccn2)ccn1. The number of ether oxygens (including phenoxy) is 1. The van der Waals surface area contributed by atoms with Crippen molar-refractivity contribution in [3.05, 3.63) is 83.9 Å². The van der Waals surface area contributed by atoms with Gasteiger partial charge in [0.2, 0.25) is 0 Å². The van der Waals surface area contributed by atoms with E-state index in [2.05, 4.69) is 30.8 Å². The van der Waals surface area contributed by atoms with Gasteiger partial charge in [-0.25, -0.2) is 4.98 Å². The van der Waals surface area contributed by atoms with Crippen molar-refractivity contribution in [2.45, 2.75) is 13.1 Å². The minimum absolute atomic E-state index is 0.105.